The molecule has 2 N–H and O–H groups in total. The number of nitrogens with zero attached hydrogens (tertiary/aromatic N) is 1. The largest absolute Gasteiger partial charge is 0.326 e. The number of halogens is 2. The lowest BCUT2D eigenvalue weighted by Crippen LogP contribution is -2.32. The standard InChI is InChI=1S/C11H15ClN2O4S2.ClH/c1-19(15,16)9-2-3-10(12)11(6-9)20(17,18)14-5-4-8(13)7-14;/h2-3,6,8H,4-5,7,13H2,1H3;1H. The third-order valence-corrected chi connectivity index (χ3v) is 6.59. The molecule has 1 aromatic rings. The molecule has 1 atom stereocenters. The van der Waals surface area contributed by atoms with Crippen molar-refractivity contribution in [1.82, 2.24) is 4.31 Å². The number of rotatable bonds is 3. The summed E-state index contributed by atoms with van der Waals surface area (Å²) in [5.74, 6) is 0. The third kappa shape index (κ3) is 3.88. The van der Waals surface area contributed by atoms with Crippen molar-refractivity contribution in [3.05, 3.63) is 23.2 Å². The third-order valence-electron chi connectivity index (χ3n) is 3.14. The lowest BCUT2D eigenvalue weighted by molar-refractivity contribution is 0.472. The van der Waals surface area contributed by atoms with E-state index in [9.17, 15) is 16.8 Å². The van der Waals surface area contributed by atoms with E-state index in [1.807, 2.05) is 0 Å². The molecule has 0 aromatic heterocycles. The molecule has 1 heterocycles. The van der Waals surface area contributed by atoms with Gasteiger partial charge in [0.15, 0.2) is 9.84 Å². The summed E-state index contributed by atoms with van der Waals surface area (Å²) < 4.78 is 49.2. The van der Waals surface area contributed by atoms with Crippen molar-refractivity contribution in [2.24, 2.45) is 5.73 Å². The zero-order valence-corrected chi connectivity index (χ0v) is 14.4. The molecule has 1 saturated heterocycles. The number of nitrogens with two attached hydrogens (primary N) is 1. The van der Waals surface area contributed by atoms with Crippen molar-refractivity contribution in [3.8, 4) is 0 Å². The summed E-state index contributed by atoms with van der Waals surface area (Å²) >= 11 is 5.91. The van der Waals surface area contributed by atoms with Crippen molar-refractivity contribution in [2.45, 2.75) is 22.3 Å². The molecule has 0 radical (unpaired) electrons. The van der Waals surface area contributed by atoms with E-state index in [2.05, 4.69) is 0 Å². The number of sulfonamides is 1. The fraction of sp³-hybridized carbons (Fsp3) is 0.455. The van der Waals surface area contributed by atoms with Crippen LogP contribution in [0.2, 0.25) is 5.02 Å². The van der Waals surface area contributed by atoms with Crippen LogP contribution in [-0.2, 0) is 19.9 Å². The zero-order valence-electron chi connectivity index (χ0n) is 11.2. The van der Waals surface area contributed by atoms with Gasteiger partial charge in [-0.25, -0.2) is 16.8 Å². The highest BCUT2D eigenvalue weighted by molar-refractivity contribution is 7.91. The van der Waals surface area contributed by atoms with Crippen LogP contribution >= 0.6 is 24.0 Å². The first-order chi connectivity index (χ1) is 9.12. The van der Waals surface area contributed by atoms with Crippen LogP contribution in [0.3, 0.4) is 0 Å². The van der Waals surface area contributed by atoms with Gasteiger partial charge in [-0.3, -0.25) is 0 Å². The van der Waals surface area contributed by atoms with Crippen molar-refractivity contribution >= 4 is 43.9 Å². The predicted octanol–water partition coefficient (Wildman–Crippen LogP) is 0.887. The lowest BCUT2D eigenvalue weighted by Gasteiger charge is -2.17. The molecule has 0 spiro atoms. The Labute approximate surface area is 135 Å². The first kappa shape index (κ1) is 18.7. The van der Waals surface area contributed by atoms with E-state index in [0.29, 0.717) is 13.0 Å². The Morgan fingerprint density at radius 2 is 1.90 bits per heavy atom. The normalized spacial score (nSPS) is 20.2. The molecule has 120 valence electrons. The van der Waals surface area contributed by atoms with Crippen LogP contribution in [-0.4, -0.2) is 46.5 Å². The van der Waals surface area contributed by atoms with Gasteiger partial charge in [-0.1, -0.05) is 11.6 Å². The van der Waals surface area contributed by atoms with Crippen molar-refractivity contribution in [2.75, 3.05) is 19.3 Å². The molecule has 0 bridgehead atoms. The van der Waals surface area contributed by atoms with Gasteiger partial charge in [-0.05, 0) is 24.6 Å². The topological polar surface area (TPSA) is 97.5 Å². The smallest absolute Gasteiger partial charge is 0.244 e. The Bertz CT molecular complexity index is 735. The SMILES string of the molecule is CS(=O)(=O)c1ccc(Cl)c(S(=O)(=O)N2CCC(N)C2)c1.Cl. The van der Waals surface area contributed by atoms with Crippen LogP contribution in [0.5, 0.6) is 0 Å². The molecule has 1 aliphatic rings. The summed E-state index contributed by atoms with van der Waals surface area (Å²) in [5, 5.41) is -0.00197. The van der Waals surface area contributed by atoms with E-state index in [0.717, 1.165) is 12.3 Å². The average Bonchev–Trinajstić information content (AvgIpc) is 2.75. The molecule has 6 nitrogen and oxygen atoms in total. The van der Waals surface area contributed by atoms with Crippen LogP contribution in [0.15, 0.2) is 28.0 Å². The Morgan fingerprint density at radius 3 is 2.38 bits per heavy atom. The maximum absolute atomic E-state index is 12.5. The molecule has 0 saturated carbocycles. The molecule has 0 aliphatic carbocycles. The highest BCUT2D eigenvalue weighted by atomic mass is 35.5. The first-order valence-electron chi connectivity index (χ1n) is 5.88. The van der Waals surface area contributed by atoms with Gasteiger partial charge in [0.25, 0.3) is 0 Å². The van der Waals surface area contributed by atoms with E-state index in [1.54, 1.807) is 0 Å². The quantitative estimate of drug-likeness (QED) is 0.846. The van der Waals surface area contributed by atoms with E-state index < -0.39 is 19.9 Å². The molecule has 1 aromatic carbocycles. The van der Waals surface area contributed by atoms with Gasteiger partial charge in [-0.2, -0.15) is 4.31 Å². The highest BCUT2D eigenvalue weighted by Crippen LogP contribution is 2.29. The maximum Gasteiger partial charge on any atom is 0.244 e. The molecule has 0 amide bonds. The van der Waals surface area contributed by atoms with Gasteiger partial charge in [0.2, 0.25) is 10.0 Å². The van der Waals surface area contributed by atoms with E-state index in [1.165, 1.54) is 16.4 Å². The fourth-order valence-electron chi connectivity index (χ4n) is 2.02. The molecule has 10 heteroatoms. The highest BCUT2D eigenvalue weighted by Gasteiger charge is 2.32. The molecule has 2 rings (SSSR count). The second kappa shape index (κ2) is 6.39. The monoisotopic (exact) mass is 374 g/mol. The van der Waals surface area contributed by atoms with Gasteiger partial charge < -0.3 is 5.73 Å². The minimum atomic E-state index is -3.83. The van der Waals surface area contributed by atoms with Crippen LogP contribution in [0.25, 0.3) is 0 Å². The number of sulfone groups is 1. The lowest BCUT2D eigenvalue weighted by atomic mass is 10.3. The summed E-state index contributed by atoms with van der Waals surface area (Å²) in [5.41, 5.74) is 5.70. The minimum Gasteiger partial charge on any atom is -0.326 e. The summed E-state index contributed by atoms with van der Waals surface area (Å²) in [6.07, 6.45) is 1.58. The van der Waals surface area contributed by atoms with Crippen LogP contribution in [0.4, 0.5) is 0 Å². The minimum absolute atomic E-state index is 0. The van der Waals surface area contributed by atoms with E-state index >= 15 is 0 Å². The zero-order chi connectivity index (χ0) is 15.1. The van der Waals surface area contributed by atoms with Gasteiger partial charge >= 0.3 is 0 Å². The van der Waals surface area contributed by atoms with E-state index in [-0.39, 0.29) is 39.8 Å². The van der Waals surface area contributed by atoms with Gasteiger partial charge in [0, 0.05) is 25.4 Å². The Morgan fingerprint density at radius 1 is 1.29 bits per heavy atom. The summed E-state index contributed by atoms with van der Waals surface area (Å²) in [4.78, 5) is -0.278. The molecule has 1 fully saturated rings. The van der Waals surface area contributed by atoms with Crippen LogP contribution in [0.1, 0.15) is 6.42 Å². The molecule has 1 unspecified atom stereocenters. The average molecular weight is 375 g/mol. The second-order valence-electron chi connectivity index (χ2n) is 4.78. The van der Waals surface area contributed by atoms with Crippen molar-refractivity contribution in [3.63, 3.8) is 0 Å². The maximum atomic E-state index is 12.5. The molecular formula is C11H16Cl2N2O4S2. The fourth-order valence-corrected chi connectivity index (χ4v) is 4.76. The van der Waals surface area contributed by atoms with Crippen LogP contribution in [0, 0.1) is 0 Å². The van der Waals surface area contributed by atoms with Gasteiger partial charge in [-0.15, -0.1) is 12.4 Å². The molecular weight excluding hydrogens is 359 g/mol. The first-order valence-corrected chi connectivity index (χ1v) is 9.58. The van der Waals surface area contributed by atoms with E-state index in [4.69, 9.17) is 17.3 Å². The molecule has 21 heavy (non-hydrogen) atoms. The van der Waals surface area contributed by atoms with Gasteiger partial charge in [0.1, 0.15) is 4.90 Å². The number of benzene rings is 1. The Kier molecular flexibility index (Phi) is 5.68. The Hall–Kier alpha value is -0.380. The van der Waals surface area contributed by atoms with Crippen molar-refractivity contribution < 1.29 is 16.8 Å². The number of hydrogen-bond acceptors (Lipinski definition) is 5. The summed E-state index contributed by atoms with van der Waals surface area (Å²) in [6, 6.07) is 3.45. The summed E-state index contributed by atoms with van der Waals surface area (Å²) in [6.45, 7) is 0.519. The predicted molar refractivity (Wildman–Crippen MR) is 83.2 cm³/mol. The van der Waals surface area contributed by atoms with Crippen molar-refractivity contribution in [1.29, 1.82) is 0 Å². The summed E-state index contributed by atoms with van der Waals surface area (Å²) in [7, 11) is -7.33. The van der Waals surface area contributed by atoms with Crippen LogP contribution < -0.4 is 5.73 Å². The Balaban J connectivity index is 0.00000220. The second-order valence-corrected chi connectivity index (χ2v) is 9.11. The van der Waals surface area contributed by atoms with Gasteiger partial charge in [0.05, 0.1) is 9.92 Å². The number of hydrogen-bond donors (Lipinski definition) is 1. The molecule has 1 aliphatic heterocycles.